The van der Waals surface area contributed by atoms with Crippen LogP contribution in [0.15, 0.2) is 24.3 Å². The Morgan fingerprint density at radius 2 is 1.69 bits per heavy atom. The molecule has 0 aromatic heterocycles. The second-order valence-corrected chi connectivity index (χ2v) is 5.07. The Labute approximate surface area is 144 Å². The first-order valence-corrected chi connectivity index (χ1v) is 7.37. The van der Waals surface area contributed by atoms with Gasteiger partial charge in [0.25, 0.3) is 0 Å². The topological polar surface area (TPSA) is 67.4 Å². The number of hydrogen-bond donors (Lipinski definition) is 2. The minimum Gasteiger partial charge on any atom is -0.463 e. The number of anilines is 1. The number of benzene rings is 1. The highest BCUT2D eigenvalue weighted by Crippen LogP contribution is 2.35. The Bertz CT molecular complexity index is 660. The molecule has 1 amide bonds. The van der Waals surface area contributed by atoms with Crippen LogP contribution in [0.25, 0.3) is 0 Å². The minimum absolute atomic E-state index is 0.387. The fraction of sp³-hybridized carbons (Fsp3) is 0.467. The van der Waals surface area contributed by atoms with Crippen molar-refractivity contribution in [1.29, 1.82) is 0 Å². The summed E-state index contributed by atoms with van der Waals surface area (Å²) < 4.78 is 83.7. The van der Waals surface area contributed by atoms with E-state index in [1.54, 1.807) is 5.32 Å². The maximum absolute atomic E-state index is 13.7. The molecule has 1 aromatic carbocycles. The first-order chi connectivity index (χ1) is 11.9. The maximum atomic E-state index is 13.7. The first kappa shape index (κ1) is 21.6. The van der Waals surface area contributed by atoms with Crippen LogP contribution in [0.1, 0.15) is 25.8 Å². The lowest BCUT2D eigenvalue weighted by Crippen LogP contribution is -2.69. The lowest BCUT2D eigenvalue weighted by molar-refractivity contribution is -0.207. The zero-order valence-corrected chi connectivity index (χ0v) is 13.7. The van der Waals surface area contributed by atoms with Crippen LogP contribution in [0.4, 0.5) is 32.0 Å². The molecule has 5 nitrogen and oxygen atoms in total. The molecule has 0 aliphatic heterocycles. The molecule has 0 aliphatic rings. The second-order valence-electron chi connectivity index (χ2n) is 5.07. The van der Waals surface area contributed by atoms with Crippen LogP contribution >= 0.6 is 0 Å². The summed E-state index contributed by atoms with van der Waals surface area (Å²) in [4.78, 5) is 23.6. The summed E-state index contributed by atoms with van der Waals surface area (Å²) in [5.41, 5.74) is -5.65. The van der Waals surface area contributed by atoms with E-state index in [4.69, 9.17) is 0 Å². The summed E-state index contributed by atoms with van der Waals surface area (Å²) in [7, 11) is 0. The van der Waals surface area contributed by atoms with Crippen molar-refractivity contribution in [2.45, 2.75) is 38.3 Å². The van der Waals surface area contributed by atoms with E-state index in [0.717, 1.165) is 12.1 Å². The van der Waals surface area contributed by atoms with Gasteiger partial charge in [-0.2, -0.15) is 26.3 Å². The molecule has 146 valence electrons. The van der Waals surface area contributed by atoms with E-state index in [0.29, 0.717) is 12.1 Å². The molecule has 0 radical (unpaired) electrons. The number of carbonyl (C=O) groups excluding carboxylic acids is 2. The number of alkyl halides is 6. The molecule has 2 N–H and O–H groups in total. The molecule has 0 spiro atoms. The van der Waals surface area contributed by atoms with Gasteiger partial charge in [-0.05, 0) is 25.1 Å². The largest absolute Gasteiger partial charge is 0.463 e. The third-order valence-corrected chi connectivity index (χ3v) is 3.18. The van der Waals surface area contributed by atoms with Gasteiger partial charge < -0.3 is 15.4 Å². The quantitative estimate of drug-likeness (QED) is 0.446. The summed E-state index contributed by atoms with van der Waals surface area (Å²) in [6.07, 6.45) is -10.6. The molecule has 0 saturated heterocycles. The highest BCUT2D eigenvalue weighted by Gasteiger charge is 2.63. The van der Waals surface area contributed by atoms with Crippen LogP contribution in [0, 0.1) is 0 Å². The van der Waals surface area contributed by atoms with Crippen LogP contribution in [0.2, 0.25) is 0 Å². The predicted octanol–water partition coefficient (Wildman–Crippen LogP) is 3.47. The van der Waals surface area contributed by atoms with Gasteiger partial charge in [0.2, 0.25) is 5.91 Å². The Hall–Kier alpha value is -2.46. The average Bonchev–Trinajstić information content (AvgIpc) is 2.52. The fourth-order valence-electron chi connectivity index (χ4n) is 1.92. The number of nitrogens with one attached hydrogen (secondary N) is 2. The highest BCUT2D eigenvalue weighted by atomic mass is 19.4. The Balaban J connectivity index is 3.44. The summed E-state index contributed by atoms with van der Waals surface area (Å²) in [5, 5.41) is 3.14. The van der Waals surface area contributed by atoms with Crippen molar-refractivity contribution in [3.8, 4) is 0 Å². The average molecular weight is 386 g/mol. The maximum Gasteiger partial charge on any atom is 0.441 e. The van der Waals surface area contributed by atoms with E-state index in [1.807, 2.05) is 0 Å². The molecule has 11 heteroatoms. The van der Waals surface area contributed by atoms with Gasteiger partial charge in [0.15, 0.2) is 0 Å². The Morgan fingerprint density at radius 3 is 2.15 bits per heavy atom. The van der Waals surface area contributed by atoms with E-state index >= 15 is 0 Å². The molecule has 0 bridgehead atoms. The van der Waals surface area contributed by atoms with E-state index in [-0.39, 0.29) is 0 Å². The SMILES string of the molecule is CCOC(=O)[C@@](NC(=O)CC)(Nc1cccc(C(F)(F)F)c1)C(F)(F)F. The van der Waals surface area contributed by atoms with Gasteiger partial charge in [-0.3, -0.25) is 4.79 Å². The van der Waals surface area contributed by atoms with Crippen molar-refractivity contribution in [1.82, 2.24) is 5.32 Å². The van der Waals surface area contributed by atoms with Crippen molar-refractivity contribution >= 4 is 17.6 Å². The number of ether oxygens (including phenoxy) is 1. The first-order valence-electron chi connectivity index (χ1n) is 7.37. The van der Waals surface area contributed by atoms with Gasteiger partial charge >= 0.3 is 24.0 Å². The smallest absolute Gasteiger partial charge is 0.441 e. The zero-order chi connectivity index (χ0) is 20.2. The van der Waals surface area contributed by atoms with Crippen molar-refractivity contribution in [2.75, 3.05) is 11.9 Å². The standard InChI is InChI=1S/C15H16F6N2O3/c1-3-11(24)23-13(15(19,20)21,12(25)26-4-2)22-10-7-5-6-9(8-10)14(16,17)18/h5-8,22H,3-4H2,1-2H3,(H,23,24)/t13-/m0/s1. The van der Waals surface area contributed by atoms with Crippen LogP contribution in [-0.4, -0.2) is 30.3 Å². The molecular formula is C15H16F6N2O3. The van der Waals surface area contributed by atoms with Gasteiger partial charge in [0.1, 0.15) is 0 Å². The zero-order valence-electron chi connectivity index (χ0n) is 13.7. The Kier molecular flexibility index (Phi) is 6.50. The van der Waals surface area contributed by atoms with Crippen LogP contribution in [0.3, 0.4) is 0 Å². The van der Waals surface area contributed by atoms with Crippen LogP contribution < -0.4 is 10.6 Å². The summed E-state index contributed by atoms with van der Waals surface area (Å²) in [6, 6.07) is 2.79. The molecule has 0 aliphatic carbocycles. The summed E-state index contributed by atoms with van der Waals surface area (Å²) in [5.74, 6) is -3.05. The second kappa shape index (κ2) is 7.83. The van der Waals surface area contributed by atoms with Crippen molar-refractivity contribution in [2.24, 2.45) is 0 Å². The van der Waals surface area contributed by atoms with Gasteiger partial charge in [-0.1, -0.05) is 13.0 Å². The molecule has 0 heterocycles. The number of esters is 1. The number of halogens is 6. The van der Waals surface area contributed by atoms with E-state index in [1.165, 1.54) is 19.2 Å². The van der Waals surface area contributed by atoms with E-state index in [9.17, 15) is 35.9 Å². The molecule has 0 saturated carbocycles. The van der Waals surface area contributed by atoms with Crippen molar-refractivity contribution in [3.05, 3.63) is 29.8 Å². The van der Waals surface area contributed by atoms with Gasteiger partial charge in [0, 0.05) is 12.1 Å². The van der Waals surface area contributed by atoms with Gasteiger partial charge in [-0.15, -0.1) is 0 Å². The molecule has 0 unspecified atom stereocenters. The third-order valence-electron chi connectivity index (χ3n) is 3.18. The van der Waals surface area contributed by atoms with Gasteiger partial charge in [0.05, 0.1) is 12.2 Å². The molecule has 26 heavy (non-hydrogen) atoms. The van der Waals surface area contributed by atoms with Gasteiger partial charge in [-0.25, -0.2) is 4.79 Å². The van der Waals surface area contributed by atoms with Crippen molar-refractivity contribution < 1.29 is 40.7 Å². The predicted molar refractivity (Wildman–Crippen MR) is 78.9 cm³/mol. The van der Waals surface area contributed by atoms with E-state index in [2.05, 4.69) is 4.74 Å². The number of hydrogen-bond acceptors (Lipinski definition) is 4. The van der Waals surface area contributed by atoms with Crippen molar-refractivity contribution in [3.63, 3.8) is 0 Å². The monoisotopic (exact) mass is 386 g/mol. The normalized spacial score (nSPS) is 14.3. The highest BCUT2D eigenvalue weighted by molar-refractivity contribution is 5.91. The number of amides is 1. The van der Waals surface area contributed by atoms with E-state index < -0.39 is 54.2 Å². The lowest BCUT2D eigenvalue weighted by Gasteiger charge is -2.35. The molecule has 1 rings (SSSR count). The number of rotatable bonds is 6. The molecule has 0 fully saturated rings. The fourth-order valence-corrected chi connectivity index (χ4v) is 1.92. The number of carbonyl (C=O) groups is 2. The Morgan fingerprint density at radius 1 is 1.08 bits per heavy atom. The minimum atomic E-state index is -5.40. The lowest BCUT2D eigenvalue weighted by atomic mass is 10.1. The molecular weight excluding hydrogens is 370 g/mol. The molecule has 1 atom stereocenters. The van der Waals surface area contributed by atoms with Crippen LogP contribution in [-0.2, 0) is 20.5 Å². The van der Waals surface area contributed by atoms with Crippen LogP contribution in [0.5, 0.6) is 0 Å². The molecule has 1 aromatic rings. The summed E-state index contributed by atoms with van der Waals surface area (Å²) >= 11 is 0. The summed E-state index contributed by atoms with van der Waals surface area (Å²) in [6.45, 7) is 2.04. The third kappa shape index (κ3) is 4.79.